The van der Waals surface area contributed by atoms with Crippen molar-refractivity contribution in [2.45, 2.75) is 38.3 Å². The van der Waals surface area contributed by atoms with Crippen LogP contribution in [0.25, 0.3) is 11.0 Å². The first-order valence-corrected chi connectivity index (χ1v) is 8.23. The fourth-order valence-corrected chi connectivity index (χ4v) is 3.84. The molecule has 1 N–H and O–H groups in total. The third-order valence-corrected chi connectivity index (χ3v) is 5.14. The number of aryl methyl sites for hydroxylation is 1. The monoisotopic (exact) mass is 354 g/mol. The molecule has 2 aliphatic rings. The highest BCUT2D eigenvalue weighted by Crippen LogP contribution is 2.29. The number of halogens is 2. The minimum atomic E-state index is -0.000766. The van der Waals surface area contributed by atoms with E-state index in [2.05, 4.69) is 5.32 Å². The van der Waals surface area contributed by atoms with Gasteiger partial charge in [-0.25, -0.2) is 0 Å². The summed E-state index contributed by atoms with van der Waals surface area (Å²) >= 11 is 6.05. The first kappa shape index (κ1) is 16.6. The van der Waals surface area contributed by atoms with Gasteiger partial charge in [-0.05, 0) is 44.4 Å². The zero-order valence-corrected chi connectivity index (χ0v) is 14.5. The molecule has 2 aliphatic heterocycles. The van der Waals surface area contributed by atoms with Crippen LogP contribution < -0.4 is 5.32 Å². The number of carbonyl (C=O) groups is 1. The van der Waals surface area contributed by atoms with Gasteiger partial charge in [0.15, 0.2) is 5.76 Å². The number of nitrogens with one attached hydrogen (secondary N) is 1. The Labute approximate surface area is 146 Å². The molecule has 124 valence electrons. The van der Waals surface area contributed by atoms with Crippen LogP contribution in [0.5, 0.6) is 0 Å². The molecule has 0 saturated carbocycles. The van der Waals surface area contributed by atoms with E-state index in [0.717, 1.165) is 42.5 Å². The molecule has 4 nitrogen and oxygen atoms in total. The van der Waals surface area contributed by atoms with Crippen molar-refractivity contribution in [3.63, 3.8) is 0 Å². The second-order valence-electron chi connectivity index (χ2n) is 6.37. The van der Waals surface area contributed by atoms with Crippen LogP contribution in [0.15, 0.2) is 22.6 Å². The van der Waals surface area contributed by atoms with Gasteiger partial charge in [-0.15, -0.1) is 12.4 Å². The van der Waals surface area contributed by atoms with Crippen LogP contribution in [-0.4, -0.2) is 36.0 Å². The van der Waals surface area contributed by atoms with Gasteiger partial charge < -0.3 is 14.6 Å². The predicted octanol–water partition coefficient (Wildman–Crippen LogP) is 3.78. The Balaban J connectivity index is 0.00000156. The number of rotatable bonds is 1. The topological polar surface area (TPSA) is 45.5 Å². The number of hydrogen-bond donors (Lipinski definition) is 1. The summed E-state index contributed by atoms with van der Waals surface area (Å²) in [7, 11) is 0. The van der Waals surface area contributed by atoms with Crippen molar-refractivity contribution in [2.75, 3.05) is 13.1 Å². The maximum atomic E-state index is 12.9. The number of furan rings is 1. The van der Waals surface area contributed by atoms with Crippen molar-refractivity contribution in [3.8, 4) is 0 Å². The minimum Gasteiger partial charge on any atom is -0.451 e. The summed E-state index contributed by atoms with van der Waals surface area (Å²) in [5.41, 5.74) is 1.60. The van der Waals surface area contributed by atoms with E-state index < -0.39 is 0 Å². The van der Waals surface area contributed by atoms with Crippen LogP contribution in [0.4, 0.5) is 0 Å². The first-order chi connectivity index (χ1) is 10.6. The minimum absolute atomic E-state index is 0. The summed E-state index contributed by atoms with van der Waals surface area (Å²) in [6.45, 7) is 3.49. The van der Waals surface area contributed by atoms with Crippen molar-refractivity contribution < 1.29 is 9.21 Å². The van der Waals surface area contributed by atoms with E-state index in [1.165, 1.54) is 6.42 Å². The average Bonchev–Trinajstić information content (AvgIpc) is 2.99. The lowest BCUT2D eigenvalue weighted by atomic mass is 10.1. The third kappa shape index (κ3) is 2.95. The van der Waals surface area contributed by atoms with Gasteiger partial charge in [0.05, 0.1) is 0 Å². The number of benzene rings is 1. The molecular weight excluding hydrogens is 335 g/mol. The Morgan fingerprint density at radius 1 is 1.30 bits per heavy atom. The van der Waals surface area contributed by atoms with Gasteiger partial charge in [-0.2, -0.15) is 0 Å². The highest BCUT2D eigenvalue weighted by molar-refractivity contribution is 6.31. The summed E-state index contributed by atoms with van der Waals surface area (Å²) in [5.74, 6) is 0.453. The normalized spacial score (nSPS) is 23.7. The molecule has 2 bridgehead atoms. The second-order valence-corrected chi connectivity index (χ2v) is 6.81. The molecule has 1 amide bonds. The fraction of sp³-hybridized carbons (Fsp3) is 0.471. The standard InChI is InChI=1S/C17H19ClN2O2.ClH/c1-10-14-8-11(18)2-5-15(14)22-16(10)17(21)20-7-6-12-3-4-13(9-20)19-12;/h2,5,8,12-13,19H,3-4,6-7,9H2,1H3;1H. The molecule has 1 aromatic carbocycles. The summed E-state index contributed by atoms with van der Waals surface area (Å²) in [6, 6.07) is 6.47. The number of carbonyl (C=O) groups excluding carboxylic acids is 1. The zero-order chi connectivity index (χ0) is 15.3. The molecule has 0 spiro atoms. The van der Waals surface area contributed by atoms with E-state index in [0.29, 0.717) is 22.9 Å². The van der Waals surface area contributed by atoms with E-state index in [1.807, 2.05) is 24.0 Å². The maximum absolute atomic E-state index is 12.9. The number of hydrogen-bond acceptors (Lipinski definition) is 3. The van der Waals surface area contributed by atoms with E-state index in [-0.39, 0.29) is 18.3 Å². The van der Waals surface area contributed by atoms with Crippen LogP contribution in [0.3, 0.4) is 0 Å². The molecule has 0 aliphatic carbocycles. The van der Waals surface area contributed by atoms with Gasteiger partial charge in [-0.3, -0.25) is 4.79 Å². The number of amides is 1. The van der Waals surface area contributed by atoms with Gasteiger partial charge >= 0.3 is 0 Å². The lowest BCUT2D eigenvalue weighted by Crippen LogP contribution is -2.39. The smallest absolute Gasteiger partial charge is 0.289 e. The molecule has 3 heterocycles. The van der Waals surface area contributed by atoms with Crippen LogP contribution >= 0.6 is 24.0 Å². The first-order valence-electron chi connectivity index (χ1n) is 7.86. The molecule has 0 radical (unpaired) electrons. The Hall–Kier alpha value is -1.23. The van der Waals surface area contributed by atoms with Crippen LogP contribution in [0, 0.1) is 6.92 Å². The van der Waals surface area contributed by atoms with E-state index in [9.17, 15) is 4.79 Å². The Kier molecular flexibility index (Phi) is 4.59. The maximum Gasteiger partial charge on any atom is 0.289 e. The van der Waals surface area contributed by atoms with Gasteiger partial charge in [0.25, 0.3) is 5.91 Å². The third-order valence-electron chi connectivity index (χ3n) is 4.90. The number of nitrogens with zero attached hydrogens (tertiary/aromatic N) is 1. The van der Waals surface area contributed by atoms with Gasteiger partial charge in [0.2, 0.25) is 0 Å². The van der Waals surface area contributed by atoms with Gasteiger partial charge in [0.1, 0.15) is 5.58 Å². The SMILES string of the molecule is Cc1c(C(=O)N2CCC3CCC(C2)N3)oc2ccc(Cl)cc12.Cl. The average molecular weight is 355 g/mol. The van der Waals surface area contributed by atoms with Crippen molar-refractivity contribution in [1.29, 1.82) is 0 Å². The van der Waals surface area contributed by atoms with E-state index in [1.54, 1.807) is 6.07 Å². The quantitative estimate of drug-likeness (QED) is 0.847. The largest absolute Gasteiger partial charge is 0.451 e. The highest BCUT2D eigenvalue weighted by atomic mass is 35.5. The lowest BCUT2D eigenvalue weighted by molar-refractivity contribution is 0.0717. The van der Waals surface area contributed by atoms with Crippen molar-refractivity contribution >= 4 is 40.9 Å². The summed E-state index contributed by atoms with van der Waals surface area (Å²) < 4.78 is 5.82. The zero-order valence-electron chi connectivity index (χ0n) is 13.0. The molecule has 2 unspecified atom stereocenters. The molecule has 2 atom stereocenters. The highest BCUT2D eigenvalue weighted by Gasteiger charge is 2.33. The predicted molar refractivity (Wildman–Crippen MR) is 93.7 cm³/mol. The Bertz CT molecular complexity index is 744. The van der Waals surface area contributed by atoms with E-state index in [4.69, 9.17) is 16.0 Å². The summed E-state index contributed by atoms with van der Waals surface area (Å²) in [4.78, 5) is 14.8. The molecule has 2 saturated heterocycles. The summed E-state index contributed by atoms with van der Waals surface area (Å²) in [6.07, 6.45) is 3.41. The molecule has 23 heavy (non-hydrogen) atoms. The number of likely N-dealkylation sites (tertiary alicyclic amines) is 1. The molecular formula is C17H20Cl2N2O2. The van der Waals surface area contributed by atoms with E-state index >= 15 is 0 Å². The van der Waals surface area contributed by atoms with Gasteiger partial charge in [-0.1, -0.05) is 11.6 Å². The Morgan fingerprint density at radius 2 is 2.09 bits per heavy atom. The van der Waals surface area contributed by atoms with Crippen molar-refractivity contribution in [2.24, 2.45) is 0 Å². The van der Waals surface area contributed by atoms with Crippen molar-refractivity contribution in [3.05, 3.63) is 34.5 Å². The van der Waals surface area contributed by atoms with Crippen LogP contribution in [0.1, 0.15) is 35.4 Å². The second kappa shape index (κ2) is 6.34. The lowest BCUT2D eigenvalue weighted by Gasteiger charge is -2.23. The molecule has 2 fully saturated rings. The van der Waals surface area contributed by atoms with Crippen LogP contribution in [-0.2, 0) is 0 Å². The molecule has 6 heteroatoms. The fourth-order valence-electron chi connectivity index (χ4n) is 3.67. The van der Waals surface area contributed by atoms with Crippen molar-refractivity contribution in [1.82, 2.24) is 10.2 Å². The molecule has 1 aromatic heterocycles. The van der Waals surface area contributed by atoms with Gasteiger partial charge in [0, 0.05) is 41.1 Å². The summed E-state index contributed by atoms with van der Waals surface area (Å²) in [5, 5.41) is 5.18. The number of fused-ring (bicyclic) bond motifs is 3. The Morgan fingerprint density at radius 3 is 2.91 bits per heavy atom. The molecule has 2 aromatic rings. The molecule has 4 rings (SSSR count). The van der Waals surface area contributed by atoms with Crippen LogP contribution in [0.2, 0.25) is 5.02 Å².